The van der Waals surface area contributed by atoms with Crippen molar-refractivity contribution in [3.63, 3.8) is 0 Å². The second-order valence-corrected chi connectivity index (χ2v) is 5.23. The van der Waals surface area contributed by atoms with Gasteiger partial charge in [0.05, 0.1) is 0 Å². The lowest BCUT2D eigenvalue weighted by Gasteiger charge is -2.12. The van der Waals surface area contributed by atoms with E-state index in [1.165, 1.54) is 6.07 Å². The first-order chi connectivity index (χ1) is 8.97. The lowest BCUT2D eigenvalue weighted by atomic mass is 10.1. The molecule has 0 radical (unpaired) electrons. The van der Waals surface area contributed by atoms with Crippen LogP contribution in [0.15, 0.2) is 40.9 Å². The molecule has 0 saturated carbocycles. The highest BCUT2D eigenvalue weighted by atomic mass is 79.9. The normalized spacial score (nSPS) is 10.3. The van der Waals surface area contributed by atoms with Crippen LogP contribution in [0.3, 0.4) is 0 Å². The summed E-state index contributed by atoms with van der Waals surface area (Å²) in [5.41, 5.74) is 2.16. The molecule has 0 fully saturated rings. The van der Waals surface area contributed by atoms with E-state index in [0.29, 0.717) is 16.0 Å². The molecule has 4 heteroatoms. The van der Waals surface area contributed by atoms with Gasteiger partial charge in [-0.2, -0.15) is 0 Å². The van der Waals surface area contributed by atoms with E-state index in [0.717, 1.165) is 11.1 Å². The maximum Gasteiger partial charge on any atom is 0.339 e. The van der Waals surface area contributed by atoms with Crippen molar-refractivity contribution in [1.82, 2.24) is 0 Å². The van der Waals surface area contributed by atoms with Crippen LogP contribution in [0.1, 0.15) is 21.5 Å². The number of aryl methyl sites for hydroxylation is 2. The van der Waals surface area contributed by atoms with E-state index in [9.17, 15) is 9.90 Å². The SMILES string of the molecule is Cc1ccc(C)c(Oc2ccc(Br)cc2C(=O)O)c1. The Hall–Kier alpha value is -1.81. The molecule has 0 aliphatic rings. The van der Waals surface area contributed by atoms with Gasteiger partial charge < -0.3 is 9.84 Å². The summed E-state index contributed by atoms with van der Waals surface area (Å²) in [6.45, 7) is 3.89. The second kappa shape index (κ2) is 5.45. The van der Waals surface area contributed by atoms with Gasteiger partial charge in [0, 0.05) is 4.47 Å². The first kappa shape index (κ1) is 13.6. The number of hydrogen-bond donors (Lipinski definition) is 1. The number of carbonyl (C=O) groups is 1. The lowest BCUT2D eigenvalue weighted by Crippen LogP contribution is -2.00. The van der Waals surface area contributed by atoms with Crippen LogP contribution in [-0.4, -0.2) is 11.1 Å². The fourth-order valence-electron chi connectivity index (χ4n) is 1.69. The molecular formula is C15H13BrO3. The van der Waals surface area contributed by atoms with Crippen molar-refractivity contribution in [2.45, 2.75) is 13.8 Å². The first-order valence-electron chi connectivity index (χ1n) is 5.75. The van der Waals surface area contributed by atoms with Crippen LogP contribution < -0.4 is 4.74 Å². The first-order valence-corrected chi connectivity index (χ1v) is 6.54. The lowest BCUT2D eigenvalue weighted by molar-refractivity contribution is 0.0694. The molecule has 0 heterocycles. The molecule has 0 aliphatic carbocycles. The summed E-state index contributed by atoms with van der Waals surface area (Å²) in [7, 11) is 0. The molecule has 0 spiro atoms. The minimum absolute atomic E-state index is 0.135. The number of ether oxygens (including phenoxy) is 1. The minimum Gasteiger partial charge on any atom is -0.478 e. The van der Waals surface area contributed by atoms with Crippen molar-refractivity contribution >= 4 is 21.9 Å². The van der Waals surface area contributed by atoms with Crippen molar-refractivity contribution in [2.24, 2.45) is 0 Å². The van der Waals surface area contributed by atoms with Crippen LogP contribution in [0.25, 0.3) is 0 Å². The summed E-state index contributed by atoms with van der Waals surface area (Å²) < 4.78 is 6.44. The van der Waals surface area contributed by atoms with Crippen molar-refractivity contribution < 1.29 is 14.6 Å². The van der Waals surface area contributed by atoms with Gasteiger partial charge in [-0.05, 0) is 49.2 Å². The molecule has 98 valence electrons. The van der Waals surface area contributed by atoms with Crippen molar-refractivity contribution in [2.75, 3.05) is 0 Å². The average molecular weight is 321 g/mol. The quantitative estimate of drug-likeness (QED) is 0.902. The number of halogens is 1. The molecule has 0 amide bonds. The average Bonchev–Trinajstić information content (AvgIpc) is 2.35. The molecule has 0 unspecified atom stereocenters. The molecule has 1 N–H and O–H groups in total. The van der Waals surface area contributed by atoms with Crippen LogP contribution in [0.2, 0.25) is 0 Å². The van der Waals surface area contributed by atoms with Gasteiger partial charge in [0.25, 0.3) is 0 Å². The van der Waals surface area contributed by atoms with Gasteiger partial charge in [0.2, 0.25) is 0 Å². The maximum atomic E-state index is 11.2. The zero-order valence-corrected chi connectivity index (χ0v) is 12.2. The molecule has 3 nitrogen and oxygen atoms in total. The standard InChI is InChI=1S/C15H13BrO3/c1-9-3-4-10(2)14(7-9)19-13-6-5-11(16)8-12(13)15(17)18/h3-8H,1-2H3,(H,17,18). The fraction of sp³-hybridized carbons (Fsp3) is 0.133. The summed E-state index contributed by atoms with van der Waals surface area (Å²) in [4.78, 5) is 11.2. The van der Waals surface area contributed by atoms with E-state index in [1.54, 1.807) is 12.1 Å². The number of carboxylic acids is 1. The Morgan fingerprint density at radius 3 is 2.53 bits per heavy atom. The predicted octanol–water partition coefficient (Wildman–Crippen LogP) is 4.56. The van der Waals surface area contributed by atoms with Gasteiger partial charge in [0.15, 0.2) is 0 Å². The number of benzene rings is 2. The van der Waals surface area contributed by atoms with Gasteiger partial charge in [0.1, 0.15) is 17.1 Å². The highest BCUT2D eigenvalue weighted by molar-refractivity contribution is 9.10. The molecular weight excluding hydrogens is 308 g/mol. The smallest absolute Gasteiger partial charge is 0.339 e. The Morgan fingerprint density at radius 1 is 1.11 bits per heavy atom. The molecule has 0 atom stereocenters. The zero-order chi connectivity index (χ0) is 14.0. The van der Waals surface area contributed by atoms with E-state index in [2.05, 4.69) is 15.9 Å². The third-order valence-electron chi connectivity index (χ3n) is 2.74. The highest BCUT2D eigenvalue weighted by Gasteiger charge is 2.13. The topological polar surface area (TPSA) is 46.5 Å². The third-order valence-corrected chi connectivity index (χ3v) is 3.23. The van der Waals surface area contributed by atoms with Gasteiger partial charge in [-0.3, -0.25) is 0 Å². The van der Waals surface area contributed by atoms with E-state index >= 15 is 0 Å². The highest BCUT2D eigenvalue weighted by Crippen LogP contribution is 2.30. The minimum atomic E-state index is -1.01. The van der Waals surface area contributed by atoms with Gasteiger partial charge >= 0.3 is 5.97 Å². The molecule has 2 aromatic carbocycles. The van der Waals surface area contributed by atoms with Gasteiger partial charge in [-0.15, -0.1) is 0 Å². The number of hydrogen-bond acceptors (Lipinski definition) is 2. The molecule has 19 heavy (non-hydrogen) atoms. The summed E-state index contributed by atoms with van der Waals surface area (Å²) in [6.07, 6.45) is 0. The van der Waals surface area contributed by atoms with Crippen LogP contribution in [0.5, 0.6) is 11.5 Å². The van der Waals surface area contributed by atoms with Crippen molar-refractivity contribution in [3.8, 4) is 11.5 Å². The molecule has 0 aromatic heterocycles. The Bertz CT molecular complexity index is 635. The van der Waals surface area contributed by atoms with Crippen molar-refractivity contribution in [1.29, 1.82) is 0 Å². The van der Waals surface area contributed by atoms with Gasteiger partial charge in [-0.1, -0.05) is 28.1 Å². The summed E-state index contributed by atoms with van der Waals surface area (Å²) >= 11 is 3.26. The summed E-state index contributed by atoms with van der Waals surface area (Å²) in [6, 6.07) is 10.8. The Morgan fingerprint density at radius 2 is 1.84 bits per heavy atom. The maximum absolute atomic E-state index is 11.2. The number of carboxylic acid groups (broad SMARTS) is 1. The molecule has 0 aliphatic heterocycles. The Kier molecular flexibility index (Phi) is 3.90. The number of rotatable bonds is 3. The third kappa shape index (κ3) is 3.15. The molecule has 0 bridgehead atoms. The molecule has 0 saturated heterocycles. The fourth-order valence-corrected chi connectivity index (χ4v) is 2.06. The zero-order valence-electron chi connectivity index (χ0n) is 10.6. The van der Waals surface area contributed by atoms with E-state index in [4.69, 9.17) is 4.74 Å². The van der Waals surface area contributed by atoms with Crippen LogP contribution in [-0.2, 0) is 0 Å². The van der Waals surface area contributed by atoms with E-state index < -0.39 is 5.97 Å². The monoisotopic (exact) mass is 320 g/mol. The van der Waals surface area contributed by atoms with Crippen LogP contribution in [0, 0.1) is 13.8 Å². The van der Waals surface area contributed by atoms with Gasteiger partial charge in [-0.25, -0.2) is 4.79 Å². The molecule has 2 aromatic rings. The second-order valence-electron chi connectivity index (χ2n) is 4.32. The predicted molar refractivity (Wildman–Crippen MR) is 77.1 cm³/mol. The van der Waals surface area contributed by atoms with Crippen molar-refractivity contribution in [3.05, 3.63) is 57.6 Å². The summed E-state index contributed by atoms with van der Waals surface area (Å²) in [5, 5.41) is 9.19. The van der Waals surface area contributed by atoms with Crippen LogP contribution in [0.4, 0.5) is 0 Å². The Balaban J connectivity index is 2.43. The molecule has 2 rings (SSSR count). The number of aromatic carboxylic acids is 1. The van der Waals surface area contributed by atoms with Crippen LogP contribution >= 0.6 is 15.9 Å². The Labute approximate surface area is 120 Å². The summed E-state index contributed by atoms with van der Waals surface area (Å²) in [5.74, 6) is -0.00386. The largest absolute Gasteiger partial charge is 0.478 e. The van der Waals surface area contributed by atoms with E-state index in [-0.39, 0.29) is 5.56 Å². The van der Waals surface area contributed by atoms with E-state index in [1.807, 2.05) is 32.0 Å².